The van der Waals surface area contributed by atoms with Crippen molar-refractivity contribution >= 4 is 11.9 Å². The van der Waals surface area contributed by atoms with E-state index in [1.165, 1.54) is 116 Å². The van der Waals surface area contributed by atoms with E-state index in [1.54, 1.807) is 0 Å². The van der Waals surface area contributed by atoms with Crippen LogP contribution in [-0.4, -0.2) is 37.9 Å². The SMILES string of the molecule is CC/C=C\C/C=C\C/C=C\C/C=C\C/C=C\CCCCOCC(COC(=O)CCCCCCCC/C=C\C/C=C\C/C=C\CCCCC)OC(=O)CCCCCCCCCCCCCCC. The zero-order valence-electron chi connectivity index (χ0n) is 43.4. The van der Waals surface area contributed by atoms with Gasteiger partial charge in [0, 0.05) is 19.4 Å². The zero-order valence-corrected chi connectivity index (χ0v) is 43.4. The third-order valence-electron chi connectivity index (χ3n) is 11.6. The van der Waals surface area contributed by atoms with Crippen LogP contribution in [0, 0.1) is 0 Å². The summed E-state index contributed by atoms with van der Waals surface area (Å²) in [5.74, 6) is -0.434. The van der Waals surface area contributed by atoms with Gasteiger partial charge >= 0.3 is 11.9 Å². The number of unbranched alkanes of at least 4 members (excludes halogenated alkanes) is 23. The Morgan fingerprint density at radius 3 is 1.12 bits per heavy atom. The van der Waals surface area contributed by atoms with Crippen LogP contribution in [-0.2, 0) is 23.8 Å². The fourth-order valence-electron chi connectivity index (χ4n) is 7.48. The van der Waals surface area contributed by atoms with Crippen LogP contribution >= 0.6 is 0 Å². The molecule has 66 heavy (non-hydrogen) atoms. The lowest BCUT2D eigenvalue weighted by Gasteiger charge is -2.18. The second-order valence-electron chi connectivity index (χ2n) is 18.1. The highest BCUT2D eigenvalue weighted by atomic mass is 16.6. The van der Waals surface area contributed by atoms with Crippen molar-refractivity contribution in [3.8, 4) is 0 Å². The van der Waals surface area contributed by atoms with Crippen molar-refractivity contribution in [2.75, 3.05) is 19.8 Å². The van der Waals surface area contributed by atoms with E-state index in [2.05, 4.69) is 118 Å². The van der Waals surface area contributed by atoms with Crippen LogP contribution in [0.25, 0.3) is 0 Å². The van der Waals surface area contributed by atoms with Crippen molar-refractivity contribution < 1.29 is 23.8 Å². The highest BCUT2D eigenvalue weighted by Gasteiger charge is 2.17. The molecule has 378 valence electrons. The molecule has 0 aliphatic carbocycles. The standard InChI is InChI=1S/C61H104O5/c1-4-7-10-13-16-19-22-25-27-29-31-32-34-37-39-42-45-48-51-54-60(62)65-58-59(66-61(63)55-52-49-46-43-40-36-24-21-18-15-12-9-6-3)57-64-56-53-50-47-44-41-38-35-33-30-28-26-23-20-17-14-11-8-5-2/h8,11,16-17,19-20,25-28,31-33,35,41,44,59H,4-7,9-10,12-15,18,21-24,29-30,34,36-40,42-43,45-58H2,1-3H3/b11-8-,19-16-,20-17-,27-25-,28-26-,32-31-,35-33-,44-41-. The van der Waals surface area contributed by atoms with Gasteiger partial charge in [-0.1, -0.05) is 234 Å². The molecular formula is C61H104O5. The normalized spacial score (nSPS) is 13.0. The highest BCUT2D eigenvalue weighted by Crippen LogP contribution is 2.15. The van der Waals surface area contributed by atoms with Crippen molar-refractivity contribution in [3.63, 3.8) is 0 Å². The smallest absolute Gasteiger partial charge is 0.306 e. The highest BCUT2D eigenvalue weighted by molar-refractivity contribution is 5.70. The van der Waals surface area contributed by atoms with Gasteiger partial charge in [0.15, 0.2) is 6.10 Å². The molecule has 0 bridgehead atoms. The van der Waals surface area contributed by atoms with Crippen molar-refractivity contribution in [3.05, 3.63) is 97.2 Å². The Kier molecular flexibility index (Phi) is 53.4. The van der Waals surface area contributed by atoms with Gasteiger partial charge in [0.05, 0.1) is 6.61 Å². The molecule has 0 fully saturated rings. The Bertz CT molecular complexity index is 1270. The molecule has 5 nitrogen and oxygen atoms in total. The van der Waals surface area contributed by atoms with Crippen LogP contribution in [0.2, 0.25) is 0 Å². The van der Waals surface area contributed by atoms with Crippen LogP contribution in [0.4, 0.5) is 0 Å². The number of carbonyl (C=O) groups is 2. The topological polar surface area (TPSA) is 61.8 Å². The van der Waals surface area contributed by atoms with Gasteiger partial charge in [-0.25, -0.2) is 0 Å². The minimum atomic E-state index is -0.568. The number of ether oxygens (including phenoxy) is 3. The molecular weight excluding hydrogens is 813 g/mol. The molecule has 0 aromatic carbocycles. The lowest BCUT2D eigenvalue weighted by molar-refractivity contribution is -0.163. The molecule has 0 radical (unpaired) electrons. The van der Waals surface area contributed by atoms with E-state index in [1.807, 2.05) is 0 Å². The van der Waals surface area contributed by atoms with E-state index in [9.17, 15) is 9.59 Å². The van der Waals surface area contributed by atoms with Gasteiger partial charge in [0.2, 0.25) is 0 Å². The zero-order chi connectivity index (χ0) is 47.7. The average molecular weight is 917 g/mol. The minimum absolute atomic E-state index is 0.0582. The van der Waals surface area contributed by atoms with Gasteiger partial charge in [0.1, 0.15) is 6.61 Å². The van der Waals surface area contributed by atoms with E-state index in [0.717, 1.165) is 103 Å². The molecule has 0 saturated heterocycles. The molecule has 0 spiro atoms. The predicted molar refractivity (Wildman–Crippen MR) is 288 cm³/mol. The van der Waals surface area contributed by atoms with E-state index in [0.29, 0.717) is 19.4 Å². The lowest BCUT2D eigenvalue weighted by Crippen LogP contribution is -2.30. The number of esters is 2. The molecule has 0 saturated carbocycles. The summed E-state index contributed by atoms with van der Waals surface area (Å²) in [4.78, 5) is 25.5. The van der Waals surface area contributed by atoms with Crippen molar-refractivity contribution in [1.29, 1.82) is 0 Å². The van der Waals surface area contributed by atoms with Crippen molar-refractivity contribution in [2.24, 2.45) is 0 Å². The Balaban J connectivity index is 4.36. The lowest BCUT2D eigenvalue weighted by atomic mass is 10.0. The van der Waals surface area contributed by atoms with E-state index in [4.69, 9.17) is 14.2 Å². The Morgan fingerprint density at radius 1 is 0.348 bits per heavy atom. The van der Waals surface area contributed by atoms with Gasteiger partial charge in [-0.3, -0.25) is 9.59 Å². The maximum atomic E-state index is 12.8. The second kappa shape index (κ2) is 56.1. The summed E-state index contributed by atoms with van der Waals surface area (Å²) >= 11 is 0. The largest absolute Gasteiger partial charge is 0.462 e. The van der Waals surface area contributed by atoms with E-state index < -0.39 is 6.10 Å². The first-order valence-electron chi connectivity index (χ1n) is 27.8. The first-order valence-corrected chi connectivity index (χ1v) is 27.8. The predicted octanol–water partition coefficient (Wildman–Crippen LogP) is 19.0. The van der Waals surface area contributed by atoms with Crippen LogP contribution in [0.3, 0.4) is 0 Å². The number of allylic oxidation sites excluding steroid dienone is 16. The number of hydrogen-bond donors (Lipinski definition) is 0. The molecule has 0 amide bonds. The maximum Gasteiger partial charge on any atom is 0.306 e. The van der Waals surface area contributed by atoms with Crippen LogP contribution in [0.5, 0.6) is 0 Å². The molecule has 0 rings (SSSR count). The summed E-state index contributed by atoms with van der Waals surface area (Å²) < 4.78 is 17.4. The van der Waals surface area contributed by atoms with Crippen LogP contribution < -0.4 is 0 Å². The summed E-state index contributed by atoms with van der Waals surface area (Å²) in [7, 11) is 0. The maximum absolute atomic E-state index is 12.8. The fourth-order valence-corrected chi connectivity index (χ4v) is 7.48. The van der Waals surface area contributed by atoms with Gasteiger partial charge in [-0.2, -0.15) is 0 Å². The van der Waals surface area contributed by atoms with Crippen LogP contribution in [0.1, 0.15) is 252 Å². The second-order valence-corrected chi connectivity index (χ2v) is 18.1. The number of carbonyl (C=O) groups excluding carboxylic acids is 2. The number of hydrogen-bond acceptors (Lipinski definition) is 5. The monoisotopic (exact) mass is 917 g/mol. The quantitative estimate of drug-likeness (QED) is 0.0346. The summed E-state index contributed by atoms with van der Waals surface area (Å²) in [6.07, 6.45) is 75.7. The van der Waals surface area contributed by atoms with Gasteiger partial charge < -0.3 is 14.2 Å². The molecule has 0 aromatic heterocycles. The summed E-state index contributed by atoms with van der Waals surface area (Å²) in [5, 5.41) is 0. The first-order chi connectivity index (χ1) is 32.6. The average Bonchev–Trinajstić information content (AvgIpc) is 3.32. The molecule has 1 unspecified atom stereocenters. The Labute approximate surface area is 409 Å². The Hall–Kier alpha value is -3.18. The van der Waals surface area contributed by atoms with Gasteiger partial charge in [-0.05, 0) is 103 Å². The summed E-state index contributed by atoms with van der Waals surface area (Å²) in [5.41, 5.74) is 0. The third kappa shape index (κ3) is 53.4. The third-order valence-corrected chi connectivity index (χ3v) is 11.6. The minimum Gasteiger partial charge on any atom is -0.462 e. The van der Waals surface area contributed by atoms with Crippen molar-refractivity contribution in [2.45, 2.75) is 258 Å². The molecule has 5 heteroatoms. The summed E-state index contributed by atoms with van der Waals surface area (Å²) in [6.45, 7) is 7.58. The molecule has 1 atom stereocenters. The van der Waals surface area contributed by atoms with Gasteiger partial charge in [0.25, 0.3) is 0 Å². The van der Waals surface area contributed by atoms with E-state index in [-0.39, 0.29) is 25.2 Å². The Morgan fingerprint density at radius 2 is 0.682 bits per heavy atom. The molecule has 0 heterocycles. The van der Waals surface area contributed by atoms with E-state index >= 15 is 0 Å². The van der Waals surface area contributed by atoms with Gasteiger partial charge in [-0.15, -0.1) is 0 Å². The molecule has 0 aliphatic heterocycles. The van der Waals surface area contributed by atoms with Crippen molar-refractivity contribution in [1.82, 2.24) is 0 Å². The fraction of sp³-hybridized carbons (Fsp3) is 0.705. The molecule has 0 aromatic rings. The van der Waals surface area contributed by atoms with Crippen LogP contribution in [0.15, 0.2) is 97.2 Å². The first kappa shape index (κ1) is 62.8. The molecule has 0 N–H and O–H groups in total. The molecule has 0 aliphatic rings. The summed E-state index contributed by atoms with van der Waals surface area (Å²) in [6, 6.07) is 0. The number of rotatable bonds is 50.